The smallest absolute Gasteiger partial charge is 0.257 e. The third-order valence-corrected chi connectivity index (χ3v) is 6.54. The first kappa shape index (κ1) is 23.5. The van der Waals surface area contributed by atoms with Crippen molar-refractivity contribution >= 4 is 11.8 Å². The number of amides is 2. The summed E-state index contributed by atoms with van der Waals surface area (Å²) in [7, 11) is 1.64. The minimum Gasteiger partial charge on any atom is -0.358 e. The number of carbonyl (C=O) groups excluding carboxylic acids is 2. The summed E-state index contributed by atoms with van der Waals surface area (Å²) in [6, 6.07) is 28.2. The summed E-state index contributed by atoms with van der Waals surface area (Å²) < 4.78 is 1.77. The van der Waals surface area contributed by atoms with Gasteiger partial charge in [-0.15, -0.1) is 0 Å². The Hall–Kier alpha value is -4.23. The lowest BCUT2D eigenvalue weighted by Gasteiger charge is -2.34. The molecule has 7 heteroatoms. The highest BCUT2D eigenvalue weighted by Crippen LogP contribution is 2.28. The first-order valence-electron chi connectivity index (χ1n) is 12.2. The maximum Gasteiger partial charge on any atom is 0.257 e. The summed E-state index contributed by atoms with van der Waals surface area (Å²) >= 11 is 0. The summed E-state index contributed by atoms with van der Waals surface area (Å²) in [5.74, 6) is -0.0564. The van der Waals surface area contributed by atoms with Gasteiger partial charge in [0.1, 0.15) is 5.69 Å². The van der Waals surface area contributed by atoms with Gasteiger partial charge in [0.25, 0.3) is 5.91 Å². The van der Waals surface area contributed by atoms with E-state index in [0.29, 0.717) is 44.0 Å². The molecule has 0 aliphatic carbocycles. The molecule has 5 rings (SSSR count). The maximum atomic E-state index is 13.7. The second-order valence-electron chi connectivity index (χ2n) is 8.86. The van der Waals surface area contributed by atoms with E-state index < -0.39 is 0 Å². The fraction of sp³-hybridized carbons (Fsp3) is 0.207. The molecule has 1 aromatic heterocycles. The third-order valence-electron chi connectivity index (χ3n) is 6.54. The minimum atomic E-state index is -0.0427. The van der Waals surface area contributed by atoms with Gasteiger partial charge in [-0.3, -0.25) is 14.5 Å². The van der Waals surface area contributed by atoms with Crippen molar-refractivity contribution in [3.63, 3.8) is 0 Å². The Morgan fingerprint density at radius 1 is 0.778 bits per heavy atom. The van der Waals surface area contributed by atoms with Crippen molar-refractivity contribution in [2.75, 3.05) is 39.8 Å². The molecule has 182 valence electrons. The van der Waals surface area contributed by atoms with Crippen molar-refractivity contribution < 1.29 is 9.59 Å². The van der Waals surface area contributed by atoms with Crippen LogP contribution in [0.1, 0.15) is 10.4 Å². The SMILES string of the molecule is CNC(=O)CN1CCN(C(=O)c2cn(-c3ccccc3)nc2-c2ccc(-c3ccccc3)cc2)CC1. The maximum absolute atomic E-state index is 13.7. The van der Waals surface area contributed by atoms with Crippen LogP contribution in [0.15, 0.2) is 91.1 Å². The van der Waals surface area contributed by atoms with Crippen molar-refractivity contribution in [2.24, 2.45) is 0 Å². The van der Waals surface area contributed by atoms with Crippen LogP contribution in [-0.4, -0.2) is 71.2 Å². The van der Waals surface area contributed by atoms with E-state index in [-0.39, 0.29) is 11.8 Å². The summed E-state index contributed by atoms with van der Waals surface area (Å²) in [4.78, 5) is 29.3. The molecule has 7 nitrogen and oxygen atoms in total. The third kappa shape index (κ3) is 5.06. The van der Waals surface area contributed by atoms with Crippen LogP contribution in [0.4, 0.5) is 0 Å². The van der Waals surface area contributed by atoms with Crippen LogP contribution in [0.3, 0.4) is 0 Å². The van der Waals surface area contributed by atoms with E-state index in [4.69, 9.17) is 5.10 Å². The van der Waals surface area contributed by atoms with Crippen LogP contribution >= 0.6 is 0 Å². The molecule has 1 N–H and O–H groups in total. The Morgan fingerprint density at radius 3 is 2.00 bits per heavy atom. The Bertz CT molecular complexity index is 1330. The molecule has 0 atom stereocenters. The quantitative estimate of drug-likeness (QED) is 0.458. The van der Waals surface area contributed by atoms with Crippen LogP contribution in [0, 0.1) is 0 Å². The number of benzene rings is 3. The number of para-hydroxylation sites is 1. The van der Waals surface area contributed by atoms with Crippen LogP contribution in [0.25, 0.3) is 28.1 Å². The Balaban J connectivity index is 1.43. The molecule has 0 spiro atoms. The van der Waals surface area contributed by atoms with Gasteiger partial charge < -0.3 is 10.2 Å². The van der Waals surface area contributed by atoms with Crippen LogP contribution in [-0.2, 0) is 4.79 Å². The largest absolute Gasteiger partial charge is 0.358 e. The van der Waals surface area contributed by atoms with Gasteiger partial charge in [0.05, 0.1) is 17.8 Å². The molecule has 36 heavy (non-hydrogen) atoms. The fourth-order valence-corrected chi connectivity index (χ4v) is 4.47. The predicted molar refractivity (Wildman–Crippen MR) is 141 cm³/mol. The zero-order chi connectivity index (χ0) is 24.9. The van der Waals surface area contributed by atoms with E-state index in [1.54, 1.807) is 11.7 Å². The highest BCUT2D eigenvalue weighted by atomic mass is 16.2. The van der Waals surface area contributed by atoms with Gasteiger partial charge in [0, 0.05) is 45.0 Å². The Kier molecular flexibility index (Phi) is 6.91. The van der Waals surface area contributed by atoms with Crippen molar-refractivity contribution in [3.8, 4) is 28.1 Å². The lowest BCUT2D eigenvalue weighted by atomic mass is 10.0. The van der Waals surface area contributed by atoms with E-state index in [2.05, 4.69) is 34.5 Å². The Morgan fingerprint density at radius 2 is 1.36 bits per heavy atom. The first-order valence-corrected chi connectivity index (χ1v) is 12.2. The number of aromatic nitrogens is 2. The van der Waals surface area contributed by atoms with Gasteiger partial charge in [0.15, 0.2) is 0 Å². The summed E-state index contributed by atoms with van der Waals surface area (Å²) in [5, 5.41) is 7.50. The van der Waals surface area contributed by atoms with Crippen molar-refractivity contribution in [3.05, 3.63) is 96.7 Å². The first-order chi connectivity index (χ1) is 17.6. The number of hydrogen-bond donors (Lipinski definition) is 1. The summed E-state index contributed by atoms with van der Waals surface area (Å²) in [6.45, 7) is 2.81. The number of hydrogen-bond acceptors (Lipinski definition) is 4. The molecule has 0 radical (unpaired) electrons. The lowest BCUT2D eigenvalue weighted by molar-refractivity contribution is -0.122. The van der Waals surface area contributed by atoms with Crippen molar-refractivity contribution in [1.82, 2.24) is 24.9 Å². The number of piperazine rings is 1. The molecule has 4 aromatic rings. The van der Waals surface area contributed by atoms with E-state index in [9.17, 15) is 9.59 Å². The Labute approximate surface area is 211 Å². The number of carbonyl (C=O) groups is 2. The summed E-state index contributed by atoms with van der Waals surface area (Å²) in [6.07, 6.45) is 1.83. The van der Waals surface area contributed by atoms with Gasteiger partial charge in [-0.05, 0) is 23.3 Å². The molecule has 0 bridgehead atoms. The van der Waals surface area contributed by atoms with Gasteiger partial charge in [-0.25, -0.2) is 4.68 Å². The van der Waals surface area contributed by atoms with E-state index in [1.807, 2.05) is 71.8 Å². The predicted octanol–water partition coefficient (Wildman–Crippen LogP) is 3.71. The number of nitrogens with zero attached hydrogens (tertiary/aromatic N) is 4. The van der Waals surface area contributed by atoms with Gasteiger partial charge in [0.2, 0.25) is 5.91 Å². The molecule has 3 aromatic carbocycles. The van der Waals surface area contributed by atoms with Gasteiger partial charge in [-0.1, -0.05) is 72.8 Å². The molecule has 1 saturated heterocycles. The zero-order valence-electron chi connectivity index (χ0n) is 20.3. The topological polar surface area (TPSA) is 70.5 Å². The molecule has 0 unspecified atom stereocenters. The van der Waals surface area contributed by atoms with Crippen LogP contribution in [0.5, 0.6) is 0 Å². The lowest BCUT2D eigenvalue weighted by Crippen LogP contribution is -2.50. The second kappa shape index (κ2) is 10.6. The van der Waals surface area contributed by atoms with Crippen LogP contribution < -0.4 is 5.32 Å². The molecule has 2 heterocycles. The average Bonchev–Trinajstić information content (AvgIpc) is 3.40. The summed E-state index contributed by atoms with van der Waals surface area (Å²) in [5.41, 5.74) is 5.29. The van der Waals surface area contributed by atoms with E-state index in [0.717, 1.165) is 22.4 Å². The van der Waals surface area contributed by atoms with E-state index in [1.165, 1.54) is 0 Å². The number of nitrogens with one attached hydrogen (secondary N) is 1. The second-order valence-corrected chi connectivity index (χ2v) is 8.86. The van der Waals surface area contributed by atoms with Crippen LogP contribution in [0.2, 0.25) is 0 Å². The monoisotopic (exact) mass is 479 g/mol. The minimum absolute atomic E-state index is 0.0138. The van der Waals surface area contributed by atoms with Crippen molar-refractivity contribution in [1.29, 1.82) is 0 Å². The highest BCUT2D eigenvalue weighted by molar-refractivity contribution is 6.00. The van der Waals surface area contributed by atoms with E-state index >= 15 is 0 Å². The van der Waals surface area contributed by atoms with Crippen molar-refractivity contribution in [2.45, 2.75) is 0 Å². The molecule has 1 aliphatic heterocycles. The average molecular weight is 480 g/mol. The van der Waals surface area contributed by atoms with Gasteiger partial charge >= 0.3 is 0 Å². The normalized spacial score (nSPS) is 14.0. The highest BCUT2D eigenvalue weighted by Gasteiger charge is 2.27. The molecule has 2 amide bonds. The zero-order valence-corrected chi connectivity index (χ0v) is 20.3. The fourth-order valence-electron chi connectivity index (χ4n) is 4.47. The molecule has 1 aliphatic rings. The number of likely N-dealkylation sites (N-methyl/N-ethyl adjacent to an activating group) is 1. The van der Waals surface area contributed by atoms with Gasteiger partial charge in [-0.2, -0.15) is 5.10 Å². The standard InChI is InChI=1S/C29H29N5O2/c1-30-27(35)21-32-16-18-33(19-17-32)29(36)26-20-34(25-10-6-3-7-11-25)31-28(26)24-14-12-23(13-15-24)22-8-4-2-5-9-22/h2-15,20H,16-19,21H2,1H3,(H,30,35). The molecular formula is C29H29N5O2. The molecule has 1 fully saturated rings. The molecule has 0 saturated carbocycles. The number of rotatable bonds is 6. The molecular weight excluding hydrogens is 450 g/mol.